The van der Waals surface area contributed by atoms with E-state index in [0.717, 1.165) is 22.9 Å². The molecule has 0 aliphatic heterocycles. The van der Waals surface area contributed by atoms with Gasteiger partial charge in [0.15, 0.2) is 11.6 Å². The summed E-state index contributed by atoms with van der Waals surface area (Å²) in [5.74, 6) is -1.70. The van der Waals surface area contributed by atoms with Gasteiger partial charge < -0.3 is 4.98 Å². The molecule has 1 radical (unpaired) electrons. The van der Waals surface area contributed by atoms with E-state index in [0.29, 0.717) is 5.56 Å². The summed E-state index contributed by atoms with van der Waals surface area (Å²) in [6.07, 6.45) is 1.70. The zero-order valence-electron chi connectivity index (χ0n) is 10.8. The number of hydrogen-bond acceptors (Lipinski definition) is 1. The Labute approximate surface area is 135 Å². The second-order valence-electron chi connectivity index (χ2n) is 4.33. The predicted octanol–water partition coefficient (Wildman–Crippen LogP) is 4.49. The summed E-state index contributed by atoms with van der Waals surface area (Å²) in [4.78, 5) is 4.25. The Kier molecular flexibility index (Phi) is 4.94. The van der Waals surface area contributed by atoms with Crippen LogP contribution in [0.4, 0.5) is 8.78 Å². The van der Waals surface area contributed by atoms with E-state index >= 15 is 0 Å². The van der Waals surface area contributed by atoms with Gasteiger partial charge in [-0.15, -0.1) is 35.4 Å². The molecule has 0 N–H and O–H groups in total. The minimum atomic E-state index is -0.852. The maximum atomic E-state index is 13.3. The van der Waals surface area contributed by atoms with Gasteiger partial charge in [0.2, 0.25) is 0 Å². The molecular formula is C17H10F2IrN-. The fourth-order valence-corrected chi connectivity index (χ4v) is 1.99. The number of nitrogens with zero attached hydrogens (tertiary/aromatic N) is 1. The van der Waals surface area contributed by atoms with Gasteiger partial charge in [0.25, 0.3) is 0 Å². The van der Waals surface area contributed by atoms with Crippen LogP contribution in [0.25, 0.3) is 22.4 Å². The first-order valence-electron chi connectivity index (χ1n) is 6.12. The predicted molar refractivity (Wildman–Crippen MR) is 73.9 cm³/mol. The Bertz CT molecular complexity index is 745. The van der Waals surface area contributed by atoms with E-state index in [-0.39, 0.29) is 20.1 Å². The first kappa shape index (κ1) is 15.5. The van der Waals surface area contributed by atoms with E-state index in [4.69, 9.17) is 0 Å². The third-order valence-electron chi connectivity index (χ3n) is 3.00. The average Bonchev–Trinajstić information content (AvgIpc) is 2.51. The summed E-state index contributed by atoms with van der Waals surface area (Å²) < 4.78 is 26.3. The van der Waals surface area contributed by atoms with Crippen molar-refractivity contribution in [3.05, 3.63) is 78.5 Å². The quantitative estimate of drug-likeness (QED) is 0.516. The van der Waals surface area contributed by atoms with E-state index in [9.17, 15) is 8.78 Å². The van der Waals surface area contributed by atoms with Crippen LogP contribution in [-0.2, 0) is 20.1 Å². The molecule has 4 heteroatoms. The van der Waals surface area contributed by atoms with E-state index in [1.165, 1.54) is 6.07 Å². The van der Waals surface area contributed by atoms with Crippen molar-refractivity contribution in [2.24, 2.45) is 0 Å². The third-order valence-corrected chi connectivity index (χ3v) is 3.00. The molecule has 3 aromatic rings. The van der Waals surface area contributed by atoms with E-state index in [1.807, 2.05) is 24.3 Å². The molecule has 1 heterocycles. The van der Waals surface area contributed by atoms with Crippen LogP contribution in [0, 0.1) is 17.7 Å². The third kappa shape index (κ3) is 3.41. The van der Waals surface area contributed by atoms with Gasteiger partial charge >= 0.3 is 0 Å². The SMILES string of the molecule is Fc1ccc(-c2cc[c-]c(-c3ccccn3)c2)cc1F.[Ir]. The van der Waals surface area contributed by atoms with Crippen LogP contribution in [-0.4, -0.2) is 4.98 Å². The van der Waals surface area contributed by atoms with Crippen LogP contribution >= 0.6 is 0 Å². The summed E-state index contributed by atoms with van der Waals surface area (Å²) in [5.41, 5.74) is 3.02. The van der Waals surface area contributed by atoms with Crippen LogP contribution in [0.15, 0.2) is 60.8 Å². The molecule has 107 valence electrons. The van der Waals surface area contributed by atoms with Gasteiger partial charge in [0.05, 0.1) is 0 Å². The average molecular weight is 458 g/mol. The summed E-state index contributed by atoms with van der Waals surface area (Å²) in [6.45, 7) is 0. The van der Waals surface area contributed by atoms with Crippen molar-refractivity contribution < 1.29 is 28.9 Å². The Balaban J connectivity index is 0.00000161. The molecule has 0 aliphatic rings. The van der Waals surface area contributed by atoms with Gasteiger partial charge in [-0.2, -0.15) is 0 Å². The number of benzene rings is 2. The number of aromatic nitrogens is 1. The number of rotatable bonds is 2. The van der Waals surface area contributed by atoms with Crippen LogP contribution in [0.2, 0.25) is 0 Å². The maximum absolute atomic E-state index is 13.3. The van der Waals surface area contributed by atoms with E-state index in [2.05, 4.69) is 11.1 Å². The Morgan fingerprint density at radius 2 is 1.67 bits per heavy atom. The molecule has 0 atom stereocenters. The second kappa shape index (κ2) is 6.70. The molecule has 0 aliphatic carbocycles. The van der Waals surface area contributed by atoms with Crippen molar-refractivity contribution >= 4 is 0 Å². The van der Waals surface area contributed by atoms with Gasteiger partial charge in [0, 0.05) is 26.3 Å². The van der Waals surface area contributed by atoms with Gasteiger partial charge in [-0.25, -0.2) is 8.78 Å². The molecule has 0 saturated heterocycles. The summed E-state index contributed by atoms with van der Waals surface area (Å²) >= 11 is 0. The van der Waals surface area contributed by atoms with E-state index in [1.54, 1.807) is 24.4 Å². The largest absolute Gasteiger partial charge is 0.305 e. The van der Waals surface area contributed by atoms with Gasteiger partial charge in [-0.05, 0) is 29.5 Å². The minimum absolute atomic E-state index is 0. The Hall–Kier alpha value is -1.90. The van der Waals surface area contributed by atoms with Crippen molar-refractivity contribution in [2.75, 3.05) is 0 Å². The van der Waals surface area contributed by atoms with Crippen molar-refractivity contribution in [2.45, 2.75) is 0 Å². The standard InChI is InChI=1S/C17H10F2N.Ir/c18-15-8-7-13(11-16(15)19)12-4-3-5-14(10-12)17-6-1-2-9-20-17;/h1-4,6-11H;/q-1;. The molecule has 0 spiro atoms. The Morgan fingerprint density at radius 1 is 0.857 bits per heavy atom. The molecule has 2 aromatic carbocycles. The molecule has 0 unspecified atom stereocenters. The normalized spacial score (nSPS) is 10.0. The van der Waals surface area contributed by atoms with Gasteiger partial charge in [0.1, 0.15) is 0 Å². The van der Waals surface area contributed by atoms with Crippen molar-refractivity contribution in [1.82, 2.24) is 4.98 Å². The Morgan fingerprint density at radius 3 is 2.38 bits per heavy atom. The molecule has 1 nitrogen and oxygen atoms in total. The molecule has 21 heavy (non-hydrogen) atoms. The summed E-state index contributed by atoms with van der Waals surface area (Å²) in [6, 6.07) is 18.0. The topological polar surface area (TPSA) is 12.9 Å². The van der Waals surface area contributed by atoms with Crippen LogP contribution < -0.4 is 0 Å². The van der Waals surface area contributed by atoms with Crippen molar-refractivity contribution in [3.63, 3.8) is 0 Å². The van der Waals surface area contributed by atoms with Crippen molar-refractivity contribution in [3.8, 4) is 22.4 Å². The number of pyridine rings is 1. The smallest absolute Gasteiger partial charge is 0.159 e. The van der Waals surface area contributed by atoms with Gasteiger partial charge in [-0.3, -0.25) is 0 Å². The molecule has 0 fully saturated rings. The fourth-order valence-electron chi connectivity index (χ4n) is 1.99. The van der Waals surface area contributed by atoms with Crippen LogP contribution in [0.3, 0.4) is 0 Å². The molecule has 0 saturated carbocycles. The first-order valence-corrected chi connectivity index (χ1v) is 6.12. The number of hydrogen-bond donors (Lipinski definition) is 0. The molecular weight excluding hydrogens is 448 g/mol. The zero-order valence-corrected chi connectivity index (χ0v) is 13.2. The zero-order chi connectivity index (χ0) is 13.9. The molecule has 0 bridgehead atoms. The van der Waals surface area contributed by atoms with Crippen LogP contribution in [0.5, 0.6) is 0 Å². The minimum Gasteiger partial charge on any atom is -0.305 e. The van der Waals surface area contributed by atoms with E-state index < -0.39 is 11.6 Å². The maximum Gasteiger partial charge on any atom is 0.159 e. The summed E-state index contributed by atoms with van der Waals surface area (Å²) in [7, 11) is 0. The second-order valence-corrected chi connectivity index (χ2v) is 4.33. The molecule has 1 aromatic heterocycles. The molecule has 3 rings (SSSR count). The summed E-state index contributed by atoms with van der Waals surface area (Å²) in [5, 5.41) is 0. The monoisotopic (exact) mass is 459 g/mol. The van der Waals surface area contributed by atoms with Gasteiger partial charge in [-0.1, -0.05) is 18.2 Å². The van der Waals surface area contributed by atoms with Crippen LogP contribution in [0.1, 0.15) is 0 Å². The number of halogens is 2. The molecule has 0 amide bonds. The fraction of sp³-hybridized carbons (Fsp3) is 0. The first-order chi connectivity index (χ1) is 9.74. The van der Waals surface area contributed by atoms with Crippen molar-refractivity contribution in [1.29, 1.82) is 0 Å².